The Morgan fingerprint density at radius 2 is 1.58 bits per heavy atom. The summed E-state index contributed by atoms with van der Waals surface area (Å²) < 4.78 is 79.8. The van der Waals surface area contributed by atoms with Crippen molar-refractivity contribution in [2.75, 3.05) is 0 Å². The predicted molar refractivity (Wildman–Crippen MR) is 126 cm³/mol. The Morgan fingerprint density at radius 1 is 0.917 bits per heavy atom. The zero-order valence-electron chi connectivity index (χ0n) is 22.1. The first kappa shape index (κ1) is 28.5. The second-order valence-electron chi connectivity index (χ2n) is 14.0. The first-order valence-electron chi connectivity index (χ1n) is 13.9. The van der Waals surface area contributed by atoms with Gasteiger partial charge in [0.25, 0.3) is 0 Å². The third-order valence-corrected chi connectivity index (χ3v) is 11.6. The number of hydrogen-bond donors (Lipinski definition) is 2. The number of fused-ring (bicyclic) bond motifs is 5. The molecule has 2 N–H and O–H groups in total. The number of aliphatic hydroxyl groups is 2. The highest BCUT2D eigenvalue weighted by molar-refractivity contribution is 5.11. The Hall–Kier alpha value is -0.500. The fourth-order valence-electron chi connectivity index (χ4n) is 9.25. The lowest BCUT2D eigenvalue weighted by atomic mass is 9.44. The van der Waals surface area contributed by atoms with Gasteiger partial charge in [0.2, 0.25) is 0 Å². The van der Waals surface area contributed by atoms with E-state index in [1.165, 1.54) is 0 Å². The molecule has 4 fully saturated rings. The summed E-state index contributed by atoms with van der Waals surface area (Å²) in [7, 11) is 0. The van der Waals surface area contributed by atoms with Crippen molar-refractivity contribution in [3.8, 4) is 0 Å². The van der Waals surface area contributed by atoms with Crippen LogP contribution in [0.2, 0.25) is 0 Å². The van der Waals surface area contributed by atoms with Gasteiger partial charge in [0.05, 0.1) is 0 Å². The number of halogens is 6. The minimum Gasteiger partial charge on any atom is -0.381 e. The predicted octanol–water partition coefficient (Wildman–Crippen LogP) is 8.06. The van der Waals surface area contributed by atoms with E-state index < -0.39 is 23.6 Å². The second-order valence-corrected chi connectivity index (χ2v) is 14.0. The molecule has 4 saturated carbocycles. The molecule has 0 aromatic carbocycles. The van der Waals surface area contributed by atoms with Gasteiger partial charge in [0, 0.05) is 0 Å². The minimum absolute atomic E-state index is 0.0926. The van der Waals surface area contributed by atoms with Crippen molar-refractivity contribution in [1.82, 2.24) is 0 Å². The summed E-state index contributed by atoms with van der Waals surface area (Å²) in [6, 6.07) is 0. The van der Waals surface area contributed by atoms with Crippen LogP contribution in [0.1, 0.15) is 105 Å². The van der Waals surface area contributed by atoms with Gasteiger partial charge in [0.15, 0.2) is 11.2 Å². The van der Waals surface area contributed by atoms with Crippen LogP contribution in [0.5, 0.6) is 0 Å². The summed E-state index contributed by atoms with van der Waals surface area (Å²) in [6.07, 6.45) is -2.46. The molecule has 1 unspecified atom stereocenters. The van der Waals surface area contributed by atoms with E-state index in [2.05, 4.69) is 13.8 Å². The average Bonchev–Trinajstić information content (AvgIpc) is 3.07. The van der Waals surface area contributed by atoms with E-state index >= 15 is 0 Å². The Balaban J connectivity index is 1.40. The Labute approximate surface area is 211 Å². The lowest BCUT2D eigenvalue weighted by molar-refractivity contribution is -0.289. The minimum atomic E-state index is -4.62. The standard InChI is InChI=1S/C28H44F6O2/c1-17(7-10-25(4,35)27(29,30)31)13-18-14-22-20-6-5-19-16-26(36,28(32,33)34)12-11-24(19,3)21(20)8-9-23(22,2)15-18/h17-22,35-36H,5-16H2,1-4H3/t17-,18?,19+,20-,21+,22+,23-,24+,25+,26+/m1/s1. The summed E-state index contributed by atoms with van der Waals surface area (Å²) in [5.41, 5.74) is -5.20. The summed E-state index contributed by atoms with van der Waals surface area (Å²) in [5.74, 6) is 1.79. The topological polar surface area (TPSA) is 40.5 Å². The third-order valence-electron chi connectivity index (χ3n) is 11.6. The maximum absolute atomic E-state index is 13.6. The van der Waals surface area contributed by atoms with Crippen molar-refractivity contribution in [3.05, 3.63) is 0 Å². The molecular formula is C28H44F6O2. The zero-order valence-corrected chi connectivity index (χ0v) is 22.1. The van der Waals surface area contributed by atoms with E-state index in [0.29, 0.717) is 36.5 Å². The van der Waals surface area contributed by atoms with Gasteiger partial charge in [-0.25, -0.2) is 0 Å². The first-order valence-corrected chi connectivity index (χ1v) is 13.9. The van der Waals surface area contributed by atoms with Crippen molar-refractivity contribution >= 4 is 0 Å². The van der Waals surface area contributed by atoms with Crippen LogP contribution in [-0.2, 0) is 0 Å². The van der Waals surface area contributed by atoms with E-state index in [4.69, 9.17) is 0 Å². The van der Waals surface area contributed by atoms with Crippen LogP contribution >= 0.6 is 0 Å². The molecular weight excluding hydrogens is 482 g/mol. The fourth-order valence-corrected chi connectivity index (χ4v) is 9.25. The monoisotopic (exact) mass is 526 g/mol. The molecule has 0 bridgehead atoms. The summed E-state index contributed by atoms with van der Waals surface area (Å²) in [4.78, 5) is 0. The number of rotatable bonds is 5. The second kappa shape index (κ2) is 9.02. The molecule has 0 amide bonds. The lowest BCUT2D eigenvalue weighted by Crippen LogP contribution is -2.58. The molecule has 36 heavy (non-hydrogen) atoms. The molecule has 10 atom stereocenters. The quantitative estimate of drug-likeness (QED) is 0.356. The Bertz CT molecular complexity index is 809. The first-order chi connectivity index (χ1) is 16.3. The number of alkyl halides is 6. The van der Waals surface area contributed by atoms with Crippen molar-refractivity contribution in [2.24, 2.45) is 46.3 Å². The SMILES string of the molecule is C[C@H](CC[C@](C)(O)C(F)(F)F)CC1C[C@H]2[C@@H]3CC[C@H]4C[C@](O)(C(F)(F)F)CC[C@]4(C)[C@H]3CC[C@]2(C)C1. The summed E-state index contributed by atoms with van der Waals surface area (Å²) >= 11 is 0. The lowest BCUT2D eigenvalue weighted by Gasteiger charge is -2.61. The highest BCUT2D eigenvalue weighted by Crippen LogP contribution is 2.68. The van der Waals surface area contributed by atoms with Crippen LogP contribution in [0.4, 0.5) is 26.3 Å². The van der Waals surface area contributed by atoms with Gasteiger partial charge in [-0.15, -0.1) is 0 Å². The smallest absolute Gasteiger partial charge is 0.381 e. The van der Waals surface area contributed by atoms with E-state index in [1.807, 2.05) is 6.92 Å². The van der Waals surface area contributed by atoms with Gasteiger partial charge >= 0.3 is 12.4 Å². The Morgan fingerprint density at radius 3 is 2.19 bits per heavy atom. The van der Waals surface area contributed by atoms with E-state index in [-0.39, 0.29) is 41.9 Å². The molecule has 2 nitrogen and oxygen atoms in total. The highest BCUT2D eigenvalue weighted by Gasteiger charge is 2.64. The Kier molecular flexibility index (Phi) is 7.15. The molecule has 0 saturated heterocycles. The molecule has 0 aromatic rings. The molecule has 0 aromatic heterocycles. The normalized spacial score (nSPS) is 45.8. The van der Waals surface area contributed by atoms with Gasteiger partial charge in [-0.05, 0) is 130 Å². The molecule has 4 rings (SSSR count). The fraction of sp³-hybridized carbons (Fsp3) is 1.00. The van der Waals surface area contributed by atoms with Crippen LogP contribution in [-0.4, -0.2) is 33.8 Å². The van der Waals surface area contributed by atoms with Gasteiger partial charge in [-0.3, -0.25) is 0 Å². The molecule has 210 valence electrons. The average molecular weight is 527 g/mol. The van der Waals surface area contributed by atoms with Gasteiger partial charge in [-0.2, -0.15) is 26.3 Å². The maximum atomic E-state index is 13.6. The maximum Gasteiger partial charge on any atom is 0.417 e. The van der Waals surface area contributed by atoms with Crippen LogP contribution in [0.3, 0.4) is 0 Å². The largest absolute Gasteiger partial charge is 0.417 e. The van der Waals surface area contributed by atoms with Gasteiger partial charge in [-0.1, -0.05) is 20.8 Å². The van der Waals surface area contributed by atoms with E-state index in [9.17, 15) is 36.6 Å². The van der Waals surface area contributed by atoms with E-state index in [1.54, 1.807) is 0 Å². The molecule has 0 radical (unpaired) electrons. The molecule has 4 aliphatic rings. The van der Waals surface area contributed by atoms with Crippen molar-refractivity contribution in [3.63, 3.8) is 0 Å². The molecule has 0 aliphatic heterocycles. The summed E-state index contributed by atoms with van der Waals surface area (Å²) in [5, 5.41) is 20.2. The van der Waals surface area contributed by atoms with Crippen LogP contribution in [0.15, 0.2) is 0 Å². The van der Waals surface area contributed by atoms with Crippen LogP contribution in [0.25, 0.3) is 0 Å². The molecule has 4 aliphatic carbocycles. The van der Waals surface area contributed by atoms with Gasteiger partial charge in [0.1, 0.15) is 0 Å². The highest BCUT2D eigenvalue weighted by atomic mass is 19.4. The van der Waals surface area contributed by atoms with Crippen molar-refractivity contribution in [1.29, 1.82) is 0 Å². The van der Waals surface area contributed by atoms with Gasteiger partial charge < -0.3 is 10.2 Å². The summed E-state index contributed by atoms with van der Waals surface area (Å²) in [6.45, 7) is 7.36. The zero-order chi connectivity index (χ0) is 26.9. The number of hydrogen-bond acceptors (Lipinski definition) is 2. The van der Waals surface area contributed by atoms with Crippen LogP contribution in [0, 0.1) is 46.3 Å². The third kappa shape index (κ3) is 4.84. The van der Waals surface area contributed by atoms with Crippen molar-refractivity contribution < 1.29 is 36.6 Å². The van der Waals surface area contributed by atoms with E-state index in [0.717, 1.165) is 51.9 Å². The van der Waals surface area contributed by atoms with Crippen molar-refractivity contribution in [2.45, 2.75) is 128 Å². The molecule has 0 spiro atoms. The molecule has 8 heteroatoms. The molecule has 0 heterocycles. The van der Waals surface area contributed by atoms with Crippen LogP contribution < -0.4 is 0 Å².